The van der Waals surface area contributed by atoms with E-state index in [1.165, 1.54) is 10.9 Å². The van der Waals surface area contributed by atoms with Crippen molar-refractivity contribution < 1.29 is 9.53 Å². The number of nitrogen functional groups attached to an aromatic ring is 1. The summed E-state index contributed by atoms with van der Waals surface area (Å²) in [5, 5.41) is 6.64. The van der Waals surface area contributed by atoms with Crippen LogP contribution < -0.4 is 11.1 Å². The molecule has 1 heterocycles. The van der Waals surface area contributed by atoms with Gasteiger partial charge in [-0.1, -0.05) is 13.3 Å². The largest absolute Gasteiger partial charge is 0.383 e. The summed E-state index contributed by atoms with van der Waals surface area (Å²) in [4.78, 5) is 11.7. The number of anilines is 1. The first-order valence-electron chi connectivity index (χ1n) is 5.80. The molecule has 0 aromatic carbocycles. The second kappa shape index (κ2) is 6.90. The summed E-state index contributed by atoms with van der Waals surface area (Å²) < 4.78 is 6.79. The van der Waals surface area contributed by atoms with Gasteiger partial charge in [0.25, 0.3) is 5.91 Å². The standard InChI is InChI=1S/C11H20N4O2/c1-3-4-6-17-7-5-13-11(16)9-8-14-15(2)10(9)12/h8H,3-7,12H2,1-2H3,(H,13,16). The highest BCUT2D eigenvalue weighted by molar-refractivity contribution is 5.98. The minimum absolute atomic E-state index is 0.213. The second-order valence-electron chi connectivity index (χ2n) is 3.79. The van der Waals surface area contributed by atoms with Gasteiger partial charge in [0.15, 0.2) is 0 Å². The fourth-order valence-electron chi connectivity index (χ4n) is 1.30. The number of hydrogen-bond acceptors (Lipinski definition) is 4. The van der Waals surface area contributed by atoms with Crippen molar-refractivity contribution >= 4 is 11.7 Å². The van der Waals surface area contributed by atoms with Crippen molar-refractivity contribution in [2.24, 2.45) is 7.05 Å². The van der Waals surface area contributed by atoms with Gasteiger partial charge in [0.2, 0.25) is 0 Å². The van der Waals surface area contributed by atoms with E-state index in [-0.39, 0.29) is 5.91 Å². The predicted octanol–water partition coefficient (Wildman–Crippen LogP) is 0.549. The van der Waals surface area contributed by atoms with E-state index in [0.717, 1.165) is 19.4 Å². The van der Waals surface area contributed by atoms with Gasteiger partial charge in [-0.3, -0.25) is 9.48 Å². The fourth-order valence-corrected chi connectivity index (χ4v) is 1.30. The van der Waals surface area contributed by atoms with Crippen LogP contribution in [0.25, 0.3) is 0 Å². The Bertz CT molecular complexity index is 362. The van der Waals surface area contributed by atoms with Gasteiger partial charge in [-0.25, -0.2) is 0 Å². The van der Waals surface area contributed by atoms with E-state index >= 15 is 0 Å². The molecule has 1 aromatic heterocycles. The van der Waals surface area contributed by atoms with Gasteiger partial charge in [-0.05, 0) is 6.42 Å². The van der Waals surface area contributed by atoms with Crippen molar-refractivity contribution in [2.75, 3.05) is 25.5 Å². The summed E-state index contributed by atoms with van der Waals surface area (Å²) >= 11 is 0. The SMILES string of the molecule is CCCCOCCNC(=O)c1cnn(C)c1N. The molecule has 96 valence electrons. The van der Waals surface area contributed by atoms with Gasteiger partial charge >= 0.3 is 0 Å². The van der Waals surface area contributed by atoms with Crippen molar-refractivity contribution in [1.82, 2.24) is 15.1 Å². The maximum absolute atomic E-state index is 11.7. The van der Waals surface area contributed by atoms with Gasteiger partial charge in [0, 0.05) is 20.2 Å². The smallest absolute Gasteiger partial charge is 0.256 e. The molecular weight excluding hydrogens is 220 g/mol. The molecule has 0 atom stereocenters. The van der Waals surface area contributed by atoms with Gasteiger partial charge in [0.05, 0.1) is 12.8 Å². The Labute approximate surface area is 101 Å². The summed E-state index contributed by atoms with van der Waals surface area (Å²) in [7, 11) is 1.69. The summed E-state index contributed by atoms with van der Waals surface area (Å²) in [5.74, 6) is 0.157. The number of unbranched alkanes of at least 4 members (excludes halogenated alkanes) is 1. The molecule has 0 bridgehead atoms. The van der Waals surface area contributed by atoms with Crippen LogP contribution in [-0.2, 0) is 11.8 Å². The summed E-state index contributed by atoms with van der Waals surface area (Å²) in [6, 6.07) is 0. The number of ether oxygens (including phenoxy) is 1. The van der Waals surface area contributed by atoms with Crippen LogP contribution in [0.2, 0.25) is 0 Å². The number of nitrogens with zero attached hydrogens (tertiary/aromatic N) is 2. The van der Waals surface area contributed by atoms with E-state index in [2.05, 4.69) is 17.3 Å². The number of nitrogens with one attached hydrogen (secondary N) is 1. The summed E-state index contributed by atoms with van der Waals surface area (Å²) in [6.45, 7) is 3.85. The molecule has 0 spiro atoms. The minimum atomic E-state index is -0.213. The molecule has 0 saturated heterocycles. The van der Waals surface area contributed by atoms with Crippen LogP contribution in [0.4, 0.5) is 5.82 Å². The average molecular weight is 240 g/mol. The van der Waals surface area contributed by atoms with E-state index in [0.29, 0.717) is 24.5 Å². The summed E-state index contributed by atoms with van der Waals surface area (Å²) in [6.07, 6.45) is 3.62. The Morgan fingerprint density at radius 3 is 2.94 bits per heavy atom. The average Bonchev–Trinajstić information content (AvgIpc) is 2.64. The van der Waals surface area contributed by atoms with E-state index in [9.17, 15) is 4.79 Å². The molecule has 0 fully saturated rings. The molecule has 1 rings (SSSR count). The molecule has 0 unspecified atom stereocenters. The first-order valence-corrected chi connectivity index (χ1v) is 5.80. The van der Waals surface area contributed by atoms with Gasteiger partial charge < -0.3 is 15.8 Å². The molecule has 1 amide bonds. The predicted molar refractivity (Wildman–Crippen MR) is 65.7 cm³/mol. The quantitative estimate of drug-likeness (QED) is 0.682. The number of carbonyl (C=O) groups excluding carboxylic acids is 1. The molecule has 0 saturated carbocycles. The van der Waals surface area contributed by atoms with E-state index in [4.69, 9.17) is 10.5 Å². The molecule has 3 N–H and O–H groups in total. The highest BCUT2D eigenvalue weighted by Gasteiger charge is 2.12. The van der Waals surface area contributed by atoms with Crippen LogP contribution >= 0.6 is 0 Å². The zero-order valence-electron chi connectivity index (χ0n) is 10.4. The maximum Gasteiger partial charge on any atom is 0.256 e. The van der Waals surface area contributed by atoms with Crippen molar-refractivity contribution in [1.29, 1.82) is 0 Å². The Morgan fingerprint density at radius 1 is 1.59 bits per heavy atom. The Balaban J connectivity index is 2.24. The second-order valence-corrected chi connectivity index (χ2v) is 3.79. The van der Waals surface area contributed by atoms with Crippen LogP contribution in [0.1, 0.15) is 30.1 Å². The topological polar surface area (TPSA) is 82.2 Å². The molecule has 0 radical (unpaired) electrons. The molecule has 0 aliphatic rings. The zero-order chi connectivity index (χ0) is 12.7. The first kappa shape index (κ1) is 13.5. The maximum atomic E-state index is 11.7. The number of nitrogens with two attached hydrogens (primary N) is 1. The van der Waals surface area contributed by atoms with Crippen molar-refractivity contribution in [3.63, 3.8) is 0 Å². The Hall–Kier alpha value is -1.56. The van der Waals surface area contributed by atoms with Crippen molar-refractivity contribution in [3.8, 4) is 0 Å². The molecule has 0 aliphatic heterocycles. The molecule has 0 aliphatic carbocycles. The monoisotopic (exact) mass is 240 g/mol. The molecule has 6 nitrogen and oxygen atoms in total. The van der Waals surface area contributed by atoms with Crippen molar-refractivity contribution in [3.05, 3.63) is 11.8 Å². The van der Waals surface area contributed by atoms with Crippen LogP contribution in [0, 0.1) is 0 Å². The van der Waals surface area contributed by atoms with Crippen LogP contribution in [0.15, 0.2) is 6.20 Å². The lowest BCUT2D eigenvalue weighted by Crippen LogP contribution is -2.27. The Kier molecular flexibility index (Phi) is 5.48. The number of carbonyl (C=O) groups is 1. The molecular formula is C11H20N4O2. The van der Waals surface area contributed by atoms with Crippen molar-refractivity contribution in [2.45, 2.75) is 19.8 Å². The van der Waals surface area contributed by atoms with Gasteiger partial charge in [-0.15, -0.1) is 0 Å². The summed E-state index contributed by atoms with van der Waals surface area (Å²) in [5.41, 5.74) is 6.09. The van der Waals surface area contributed by atoms with Gasteiger partial charge in [0.1, 0.15) is 11.4 Å². The van der Waals surface area contributed by atoms with Crippen LogP contribution in [0.5, 0.6) is 0 Å². The van der Waals surface area contributed by atoms with Crippen LogP contribution in [-0.4, -0.2) is 35.4 Å². The highest BCUT2D eigenvalue weighted by Crippen LogP contribution is 2.08. The number of amides is 1. The number of aryl methyl sites for hydroxylation is 1. The third-order valence-corrected chi connectivity index (χ3v) is 2.40. The number of aromatic nitrogens is 2. The number of rotatable bonds is 7. The van der Waals surface area contributed by atoms with E-state index in [1.807, 2.05) is 0 Å². The first-order chi connectivity index (χ1) is 8.16. The lowest BCUT2D eigenvalue weighted by Gasteiger charge is -2.05. The Morgan fingerprint density at radius 2 is 2.35 bits per heavy atom. The normalized spacial score (nSPS) is 10.5. The molecule has 6 heteroatoms. The third kappa shape index (κ3) is 4.07. The highest BCUT2D eigenvalue weighted by atomic mass is 16.5. The molecule has 17 heavy (non-hydrogen) atoms. The van der Waals surface area contributed by atoms with E-state index in [1.54, 1.807) is 7.05 Å². The third-order valence-electron chi connectivity index (χ3n) is 2.40. The lowest BCUT2D eigenvalue weighted by molar-refractivity contribution is 0.0913. The lowest BCUT2D eigenvalue weighted by atomic mass is 10.3. The fraction of sp³-hybridized carbons (Fsp3) is 0.636. The van der Waals surface area contributed by atoms with Crippen LogP contribution in [0.3, 0.4) is 0 Å². The minimum Gasteiger partial charge on any atom is -0.383 e. The zero-order valence-corrected chi connectivity index (χ0v) is 10.4. The van der Waals surface area contributed by atoms with E-state index < -0.39 is 0 Å². The van der Waals surface area contributed by atoms with Gasteiger partial charge in [-0.2, -0.15) is 5.10 Å². The number of hydrogen-bond donors (Lipinski definition) is 2. The molecule has 1 aromatic rings.